The van der Waals surface area contributed by atoms with E-state index in [4.69, 9.17) is 5.11 Å². The highest BCUT2D eigenvalue weighted by molar-refractivity contribution is 9.10. The van der Waals surface area contributed by atoms with E-state index in [0.717, 1.165) is 6.07 Å². The molecule has 1 rings (SSSR count). The Hall–Kier alpha value is -0.620. The second-order valence-corrected chi connectivity index (χ2v) is 3.86. The Bertz CT molecular complexity index is 350. The number of hydrogen-bond donors (Lipinski definition) is 1. The molecule has 0 saturated heterocycles. The average Bonchev–Trinajstić information content (AvgIpc) is 2.10. The molecular weight excluding hydrogens is 280 g/mol. The van der Waals surface area contributed by atoms with Gasteiger partial charge in [0.1, 0.15) is 5.82 Å². The third-order valence-electron chi connectivity index (χ3n) is 1.79. The molecule has 0 amide bonds. The summed E-state index contributed by atoms with van der Waals surface area (Å²) in [6.07, 6.45) is -7.78. The maximum Gasteiger partial charge on any atom is 0.414 e. The first kappa shape index (κ1) is 12.4. The number of halogens is 5. The van der Waals surface area contributed by atoms with E-state index in [2.05, 4.69) is 15.9 Å². The molecule has 0 bridgehead atoms. The van der Waals surface area contributed by atoms with E-state index in [0.29, 0.717) is 0 Å². The van der Waals surface area contributed by atoms with Crippen LogP contribution in [0, 0.1) is 5.82 Å². The summed E-state index contributed by atoms with van der Waals surface area (Å²) in [6, 6.07) is 3.58. The molecule has 1 aromatic carbocycles. The van der Waals surface area contributed by atoms with Gasteiger partial charge < -0.3 is 5.11 Å². The Morgan fingerprint density at radius 3 is 2.40 bits per heavy atom. The molecule has 0 aliphatic heterocycles. The Balaban J connectivity index is 2.78. The lowest BCUT2D eigenvalue weighted by atomic mass is 10.1. The summed E-state index contributed by atoms with van der Waals surface area (Å²) in [6.45, 7) is 0. The zero-order valence-corrected chi connectivity index (χ0v) is 8.94. The van der Waals surface area contributed by atoms with Crippen LogP contribution >= 0.6 is 15.9 Å². The highest BCUT2D eigenvalue weighted by atomic mass is 79.9. The normalized spacial score (nSPS) is 14.0. The predicted octanol–water partition coefficient (Wildman–Crippen LogP) is 3.05. The Labute approximate surface area is 91.9 Å². The van der Waals surface area contributed by atoms with Crippen LogP contribution in [0.1, 0.15) is 5.56 Å². The Kier molecular flexibility index (Phi) is 3.72. The molecule has 0 saturated carbocycles. The monoisotopic (exact) mass is 286 g/mol. The lowest BCUT2D eigenvalue weighted by molar-refractivity contribution is -0.203. The molecular formula is C9H7BrF4O. The summed E-state index contributed by atoms with van der Waals surface area (Å²) < 4.78 is 49.0. The molecule has 0 aliphatic rings. The number of rotatable bonds is 2. The summed E-state index contributed by atoms with van der Waals surface area (Å²) in [4.78, 5) is 0. The van der Waals surface area contributed by atoms with Crippen molar-refractivity contribution in [2.45, 2.75) is 18.7 Å². The summed E-state index contributed by atoms with van der Waals surface area (Å²) in [5.41, 5.74) is 0.0977. The molecule has 84 valence electrons. The van der Waals surface area contributed by atoms with Crippen LogP contribution in [0.3, 0.4) is 0 Å². The van der Waals surface area contributed by atoms with Crippen molar-refractivity contribution in [3.63, 3.8) is 0 Å². The smallest absolute Gasteiger partial charge is 0.383 e. The Morgan fingerprint density at radius 1 is 1.33 bits per heavy atom. The Morgan fingerprint density at radius 2 is 1.93 bits per heavy atom. The van der Waals surface area contributed by atoms with E-state index in [-0.39, 0.29) is 10.0 Å². The second kappa shape index (κ2) is 4.49. The molecule has 0 aromatic heterocycles. The third kappa shape index (κ3) is 3.46. The molecule has 6 heteroatoms. The van der Waals surface area contributed by atoms with Crippen LogP contribution in [0.15, 0.2) is 22.7 Å². The maximum atomic E-state index is 12.9. The van der Waals surface area contributed by atoms with Crippen LogP contribution in [0.4, 0.5) is 17.6 Å². The van der Waals surface area contributed by atoms with Crippen molar-refractivity contribution >= 4 is 15.9 Å². The standard InChI is InChI=1S/C9H7BrF4O/c10-6-2-1-5(3-7(6)11)4-8(15)9(12,13)14/h1-3,8,15H,4H2. The maximum absolute atomic E-state index is 12.9. The molecule has 0 heterocycles. The first-order valence-electron chi connectivity index (χ1n) is 3.99. The highest BCUT2D eigenvalue weighted by Crippen LogP contribution is 2.24. The van der Waals surface area contributed by atoms with Crippen LogP contribution in [0.25, 0.3) is 0 Å². The third-order valence-corrected chi connectivity index (χ3v) is 2.43. The molecule has 15 heavy (non-hydrogen) atoms. The first-order chi connectivity index (χ1) is 6.80. The summed E-state index contributed by atoms with van der Waals surface area (Å²) in [5, 5.41) is 8.74. The van der Waals surface area contributed by atoms with Gasteiger partial charge in [0, 0.05) is 6.42 Å². The van der Waals surface area contributed by atoms with E-state index in [1.54, 1.807) is 0 Å². The molecule has 0 fully saturated rings. The lowest BCUT2D eigenvalue weighted by Crippen LogP contribution is -2.30. The van der Waals surface area contributed by atoms with E-state index in [1.807, 2.05) is 0 Å². The van der Waals surface area contributed by atoms with Gasteiger partial charge in [-0.2, -0.15) is 13.2 Å². The second-order valence-electron chi connectivity index (χ2n) is 3.01. The van der Waals surface area contributed by atoms with Crippen molar-refractivity contribution < 1.29 is 22.7 Å². The zero-order valence-electron chi connectivity index (χ0n) is 7.35. The fourth-order valence-corrected chi connectivity index (χ4v) is 1.25. The van der Waals surface area contributed by atoms with Crippen LogP contribution in [0.2, 0.25) is 0 Å². The van der Waals surface area contributed by atoms with E-state index in [1.165, 1.54) is 12.1 Å². The summed E-state index contributed by atoms with van der Waals surface area (Å²) >= 11 is 2.88. The van der Waals surface area contributed by atoms with Gasteiger partial charge in [-0.15, -0.1) is 0 Å². The van der Waals surface area contributed by atoms with Crippen LogP contribution in [0.5, 0.6) is 0 Å². The van der Waals surface area contributed by atoms with Crippen molar-refractivity contribution in [2.75, 3.05) is 0 Å². The lowest BCUT2D eigenvalue weighted by Gasteiger charge is -2.14. The summed E-state index contributed by atoms with van der Waals surface area (Å²) in [7, 11) is 0. The molecule has 0 radical (unpaired) electrons. The predicted molar refractivity (Wildman–Crippen MR) is 49.9 cm³/mol. The highest BCUT2D eigenvalue weighted by Gasteiger charge is 2.37. The van der Waals surface area contributed by atoms with Crippen molar-refractivity contribution in [1.82, 2.24) is 0 Å². The molecule has 1 nitrogen and oxygen atoms in total. The van der Waals surface area contributed by atoms with Crippen LogP contribution in [-0.4, -0.2) is 17.4 Å². The van der Waals surface area contributed by atoms with E-state index in [9.17, 15) is 17.6 Å². The SMILES string of the molecule is OC(Cc1ccc(Br)c(F)c1)C(F)(F)F. The topological polar surface area (TPSA) is 20.2 Å². The van der Waals surface area contributed by atoms with Crippen molar-refractivity contribution in [1.29, 1.82) is 0 Å². The minimum Gasteiger partial charge on any atom is -0.383 e. The number of hydrogen-bond acceptors (Lipinski definition) is 1. The first-order valence-corrected chi connectivity index (χ1v) is 4.78. The van der Waals surface area contributed by atoms with Gasteiger partial charge in [0.2, 0.25) is 0 Å². The minimum atomic E-state index is -4.68. The van der Waals surface area contributed by atoms with Crippen molar-refractivity contribution in [2.24, 2.45) is 0 Å². The van der Waals surface area contributed by atoms with Gasteiger partial charge in [-0.1, -0.05) is 6.07 Å². The molecule has 1 N–H and O–H groups in total. The largest absolute Gasteiger partial charge is 0.414 e. The van der Waals surface area contributed by atoms with E-state index >= 15 is 0 Å². The fraction of sp³-hybridized carbons (Fsp3) is 0.333. The minimum absolute atomic E-state index is 0.0977. The van der Waals surface area contributed by atoms with Crippen LogP contribution in [-0.2, 0) is 6.42 Å². The zero-order chi connectivity index (χ0) is 11.6. The fourth-order valence-electron chi connectivity index (χ4n) is 1.01. The van der Waals surface area contributed by atoms with Gasteiger partial charge in [0.15, 0.2) is 6.10 Å². The van der Waals surface area contributed by atoms with Gasteiger partial charge >= 0.3 is 6.18 Å². The summed E-state index contributed by atoms with van der Waals surface area (Å²) in [5.74, 6) is -0.651. The average molecular weight is 287 g/mol. The van der Waals surface area contributed by atoms with Crippen molar-refractivity contribution in [3.05, 3.63) is 34.1 Å². The van der Waals surface area contributed by atoms with Crippen molar-refractivity contribution in [3.8, 4) is 0 Å². The number of aliphatic hydroxyl groups is 1. The van der Waals surface area contributed by atoms with Gasteiger partial charge in [-0.3, -0.25) is 0 Å². The molecule has 1 unspecified atom stereocenters. The molecule has 1 aromatic rings. The number of benzene rings is 1. The quantitative estimate of drug-likeness (QED) is 0.829. The van der Waals surface area contributed by atoms with Gasteiger partial charge in [-0.25, -0.2) is 4.39 Å². The number of alkyl halides is 3. The molecule has 1 atom stereocenters. The van der Waals surface area contributed by atoms with Gasteiger partial charge in [0.25, 0.3) is 0 Å². The molecule has 0 aliphatic carbocycles. The molecule has 0 spiro atoms. The van der Waals surface area contributed by atoms with Gasteiger partial charge in [-0.05, 0) is 33.6 Å². The van der Waals surface area contributed by atoms with E-state index < -0.39 is 24.5 Å². The van der Waals surface area contributed by atoms with Crippen LogP contribution < -0.4 is 0 Å². The van der Waals surface area contributed by atoms with Gasteiger partial charge in [0.05, 0.1) is 4.47 Å². The number of aliphatic hydroxyl groups excluding tert-OH is 1.